The molecule has 1 aromatic carbocycles. The van der Waals surface area contributed by atoms with Crippen LogP contribution in [-0.4, -0.2) is 29.9 Å². The van der Waals surface area contributed by atoms with Gasteiger partial charge in [0.15, 0.2) is 11.5 Å². The second kappa shape index (κ2) is 7.97. The summed E-state index contributed by atoms with van der Waals surface area (Å²) in [5.41, 5.74) is 0.00141. The average Bonchev–Trinajstić information content (AvgIpc) is 3.32. The molecule has 0 aliphatic heterocycles. The second-order valence-corrected chi connectivity index (χ2v) is 5.03. The van der Waals surface area contributed by atoms with E-state index in [9.17, 15) is 14.0 Å². The van der Waals surface area contributed by atoms with Crippen LogP contribution >= 0.6 is 0 Å². The Morgan fingerprint density at radius 1 is 1.12 bits per heavy atom. The lowest BCUT2D eigenvalue weighted by molar-refractivity contribution is 0.0940. The number of nitrogens with one attached hydrogen (secondary N) is 2. The van der Waals surface area contributed by atoms with Crippen molar-refractivity contribution in [3.8, 4) is 5.75 Å². The van der Waals surface area contributed by atoms with Gasteiger partial charge >= 0.3 is 6.01 Å². The zero-order valence-electron chi connectivity index (χ0n) is 13.4. The van der Waals surface area contributed by atoms with Crippen molar-refractivity contribution in [3.05, 3.63) is 66.2 Å². The summed E-state index contributed by atoms with van der Waals surface area (Å²) < 4.78 is 28.1. The molecule has 26 heavy (non-hydrogen) atoms. The molecule has 0 fully saturated rings. The maximum atomic E-state index is 12.8. The Morgan fingerprint density at radius 2 is 1.92 bits per heavy atom. The number of oxazole rings is 1. The summed E-state index contributed by atoms with van der Waals surface area (Å²) in [7, 11) is 0. The molecule has 2 N–H and O–H groups in total. The van der Waals surface area contributed by atoms with Crippen LogP contribution in [-0.2, 0) is 0 Å². The number of hydrogen-bond acceptors (Lipinski definition) is 6. The lowest BCUT2D eigenvalue weighted by Crippen LogP contribution is -2.28. The van der Waals surface area contributed by atoms with Crippen LogP contribution in [0.3, 0.4) is 0 Å². The van der Waals surface area contributed by atoms with Gasteiger partial charge in [0.05, 0.1) is 12.8 Å². The van der Waals surface area contributed by atoms with Gasteiger partial charge in [-0.15, -0.1) is 0 Å². The molecule has 0 aliphatic carbocycles. The van der Waals surface area contributed by atoms with E-state index < -0.39 is 11.8 Å². The molecule has 0 atom stereocenters. The van der Waals surface area contributed by atoms with Crippen molar-refractivity contribution < 1.29 is 27.6 Å². The molecular weight excluding hydrogens is 345 g/mol. The minimum Gasteiger partial charge on any atom is -0.492 e. The molecule has 2 amide bonds. The van der Waals surface area contributed by atoms with Gasteiger partial charge in [-0.3, -0.25) is 14.9 Å². The number of nitrogens with zero attached hydrogens (tertiary/aromatic N) is 1. The van der Waals surface area contributed by atoms with Crippen molar-refractivity contribution in [2.24, 2.45) is 0 Å². The van der Waals surface area contributed by atoms with Crippen molar-refractivity contribution in [3.63, 3.8) is 0 Å². The van der Waals surface area contributed by atoms with E-state index in [1.807, 2.05) is 0 Å². The molecule has 0 spiro atoms. The summed E-state index contributed by atoms with van der Waals surface area (Å²) in [6, 6.07) is 8.46. The first-order valence-electron chi connectivity index (χ1n) is 7.59. The monoisotopic (exact) mass is 359 g/mol. The number of aromatic nitrogens is 1. The van der Waals surface area contributed by atoms with Crippen LogP contribution in [0.15, 0.2) is 57.8 Å². The minimum absolute atomic E-state index is 0.00141. The number of furan rings is 1. The third-order valence-electron chi connectivity index (χ3n) is 3.17. The summed E-state index contributed by atoms with van der Waals surface area (Å²) >= 11 is 0. The van der Waals surface area contributed by atoms with Gasteiger partial charge in [-0.2, -0.15) is 4.98 Å². The van der Waals surface area contributed by atoms with E-state index in [2.05, 4.69) is 15.6 Å². The molecule has 0 bridgehead atoms. The molecule has 0 saturated heterocycles. The fourth-order valence-corrected chi connectivity index (χ4v) is 1.96. The lowest BCUT2D eigenvalue weighted by atomic mass is 10.3. The highest BCUT2D eigenvalue weighted by Crippen LogP contribution is 2.11. The first kappa shape index (κ1) is 17.2. The Hall–Kier alpha value is -3.62. The predicted molar refractivity (Wildman–Crippen MR) is 87.4 cm³/mol. The first-order chi connectivity index (χ1) is 12.6. The third-order valence-corrected chi connectivity index (χ3v) is 3.17. The fourth-order valence-electron chi connectivity index (χ4n) is 1.96. The van der Waals surface area contributed by atoms with Gasteiger partial charge in [0, 0.05) is 0 Å². The fraction of sp³-hybridized carbons (Fsp3) is 0.118. The van der Waals surface area contributed by atoms with Gasteiger partial charge in [0.25, 0.3) is 11.8 Å². The van der Waals surface area contributed by atoms with Crippen LogP contribution in [0, 0.1) is 5.82 Å². The van der Waals surface area contributed by atoms with E-state index >= 15 is 0 Å². The maximum absolute atomic E-state index is 12.8. The van der Waals surface area contributed by atoms with E-state index in [1.165, 1.54) is 36.6 Å². The van der Waals surface area contributed by atoms with Gasteiger partial charge in [-0.05, 0) is 36.4 Å². The van der Waals surface area contributed by atoms with Gasteiger partial charge in [-0.25, -0.2) is 4.39 Å². The molecule has 0 unspecified atom stereocenters. The summed E-state index contributed by atoms with van der Waals surface area (Å²) in [6.07, 6.45) is 2.48. The quantitative estimate of drug-likeness (QED) is 0.628. The molecule has 3 aromatic rings. The SMILES string of the molecule is O=C(NCCOc1ccc(F)cc1)c1coc(NC(=O)c2ccco2)n1. The van der Waals surface area contributed by atoms with Crippen molar-refractivity contribution in [1.82, 2.24) is 10.3 Å². The van der Waals surface area contributed by atoms with Crippen molar-refractivity contribution in [1.29, 1.82) is 0 Å². The maximum Gasteiger partial charge on any atom is 0.302 e. The lowest BCUT2D eigenvalue weighted by Gasteiger charge is -2.06. The second-order valence-electron chi connectivity index (χ2n) is 5.03. The van der Waals surface area contributed by atoms with Crippen LogP contribution in [0.1, 0.15) is 21.0 Å². The number of carbonyl (C=O) groups excluding carboxylic acids is 2. The minimum atomic E-state index is -0.545. The normalized spacial score (nSPS) is 10.3. The molecule has 134 valence electrons. The van der Waals surface area contributed by atoms with Gasteiger partial charge in [-0.1, -0.05) is 0 Å². The molecule has 0 radical (unpaired) electrons. The Balaban J connectivity index is 1.44. The zero-order valence-corrected chi connectivity index (χ0v) is 13.4. The average molecular weight is 359 g/mol. The van der Waals surface area contributed by atoms with Gasteiger partial charge < -0.3 is 18.9 Å². The summed E-state index contributed by atoms with van der Waals surface area (Å²) in [5, 5.41) is 4.95. The van der Waals surface area contributed by atoms with E-state index in [1.54, 1.807) is 6.07 Å². The Bertz CT molecular complexity index is 874. The Kier molecular flexibility index (Phi) is 5.28. The van der Waals surface area contributed by atoms with Crippen LogP contribution in [0.25, 0.3) is 0 Å². The highest BCUT2D eigenvalue weighted by molar-refractivity contribution is 6.01. The van der Waals surface area contributed by atoms with Crippen LogP contribution in [0.4, 0.5) is 10.4 Å². The number of benzene rings is 1. The number of rotatable bonds is 7. The smallest absolute Gasteiger partial charge is 0.302 e. The summed E-state index contributed by atoms with van der Waals surface area (Å²) in [6.45, 7) is 0.397. The van der Waals surface area contributed by atoms with Crippen molar-refractivity contribution >= 4 is 17.8 Å². The van der Waals surface area contributed by atoms with Crippen molar-refractivity contribution in [2.45, 2.75) is 0 Å². The summed E-state index contributed by atoms with van der Waals surface area (Å²) in [5.74, 6) is -0.810. The predicted octanol–water partition coefficient (Wildman–Crippen LogP) is 2.47. The number of carbonyl (C=O) groups is 2. The van der Waals surface area contributed by atoms with Crippen LogP contribution in [0.2, 0.25) is 0 Å². The first-order valence-corrected chi connectivity index (χ1v) is 7.59. The van der Waals surface area contributed by atoms with E-state index in [0.717, 1.165) is 6.26 Å². The number of ether oxygens (including phenoxy) is 1. The molecule has 2 aromatic heterocycles. The van der Waals surface area contributed by atoms with Gasteiger partial charge in [0.1, 0.15) is 24.4 Å². The Labute approximate surface area is 147 Å². The van der Waals surface area contributed by atoms with E-state index in [-0.39, 0.29) is 36.4 Å². The summed E-state index contributed by atoms with van der Waals surface area (Å²) in [4.78, 5) is 27.6. The largest absolute Gasteiger partial charge is 0.492 e. The molecule has 0 aliphatic rings. The highest BCUT2D eigenvalue weighted by atomic mass is 19.1. The standard InChI is InChI=1S/C17H14FN3O5/c18-11-3-5-12(6-4-11)24-9-7-19-15(22)13-10-26-17(20-13)21-16(23)14-2-1-8-25-14/h1-6,8,10H,7,9H2,(H,19,22)(H,20,21,23). The number of halogens is 1. The number of amides is 2. The van der Waals surface area contributed by atoms with E-state index in [0.29, 0.717) is 5.75 Å². The third kappa shape index (κ3) is 4.47. The van der Waals surface area contributed by atoms with Gasteiger partial charge in [0.2, 0.25) is 0 Å². The van der Waals surface area contributed by atoms with E-state index in [4.69, 9.17) is 13.6 Å². The number of anilines is 1. The van der Waals surface area contributed by atoms with Crippen molar-refractivity contribution in [2.75, 3.05) is 18.5 Å². The highest BCUT2D eigenvalue weighted by Gasteiger charge is 2.15. The zero-order chi connectivity index (χ0) is 18.4. The number of hydrogen-bond donors (Lipinski definition) is 2. The molecule has 2 heterocycles. The molecule has 8 nitrogen and oxygen atoms in total. The molecule has 0 saturated carbocycles. The van der Waals surface area contributed by atoms with Crippen LogP contribution in [0.5, 0.6) is 5.75 Å². The Morgan fingerprint density at radius 3 is 2.65 bits per heavy atom. The van der Waals surface area contributed by atoms with Crippen LogP contribution < -0.4 is 15.4 Å². The molecular formula is C17H14FN3O5. The molecule has 9 heteroatoms. The topological polar surface area (TPSA) is 107 Å². The molecule has 3 rings (SSSR count).